The Morgan fingerprint density at radius 1 is 1.25 bits per heavy atom. The first-order chi connectivity index (χ1) is 9.66. The van der Waals surface area contributed by atoms with Gasteiger partial charge in [-0.05, 0) is 55.7 Å². The minimum atomic E-state index is 0.459. The fourth-order valence-corrected chi connectivity index (χ4v) is 3.06. The molecule has 1 aliphatic rings. The van der Waals surface area contributed by atoms with Gasteiger partial charge >= 0.3 is 0 Å². The second kappa shape index (κ2) is 7.80. The molecule has 1 fully saturated rings. The molecular weight excluding hydrogens is 246 g/mol. The van der Waals surface area contributed by atoms with Crippen molar-refractivity contribution in [3.05, 3.63) is 35.4 Å². The monoisotopic (exact) mass is 275 g/mol. The van der Waals surface area contributed by atoms with Crippen LogP contribution in [0.2, 0.25) is 0 Å². The molecule has 0 aromatic heterocycles. The normalized spacial score (nSPS) is 20.5. The Labute approximate surface area is 123 Å². The minimum absolute atomic E-state index is 0.459. The van der Waals surface area contributed by atoms with E-state index in [4.69, 9.17) is 4.74 Å². The van der Waals surface area contributed by atoms with E-state index in [1.165, 1.54) is 24.0 Å². The first kappa shape index (κ1) is 15.5. The fourth-order valence-electron chi connectivity index (χ4n) is 3.06. The van der Waals surface area contributed by atoms with Crippen molar-refractivity contribution in [2.75, 3.05) is 19.7 Å². The zero-order valence-corrected chi connectivity index (χ0v) is 13.2. The lowest BCUT2D eigenvalue weighted by Crippen LogP contribution is -2.28. The van der Waals surface area contributed by atoms with Crippen LogP contribution in [0.5, 0.6) is 0 Å². The molecule has 2 nitrogen and oxygen atoms in total. The topological polar surface area (TPSA) is 21.3 Å². The van der Waals surface area contributed by atoms with Gasteiger partial charge in [0.25, 0.3) is 0 Å². The number of ether oxygens (including phenoxy) is 1. The molecule has 0 radical (unpaired) electrons. The average Bonchev–Trinajstić information content (AvgIpc) is 2.91. The van der Waals surface area contributed by atoms with Crippen LogP contribution in [-0.4, -0.2) is 25.8 Å². The molecule has 20 heavy (non-hydrogen) atoms. The van der Waals surface area contributed by atoms with E-state index >= 15 is 0 Å². The first-order valence-electron chi connectivity index (χ1n) is 8.04. The summed E-state index contributed by atoms with van der Waals surface area (Å²) in [7, 11) is 0. The Bertz CT molecular complexity index is 396. The molecule has 2 unspecified atom stereocenters. The Balaban J connectivity index is 2.00. The molecule has 1 aromatic rings. The summed E-state index contributed by atoms with van der Waals surface area (Å²) < 4.78 is 5.84. The highest BCUT2D eigenvalue weighted by Crippen LogP contribution is 2.28. The van der Waals surface area contributed by atoms with E-state index in [2.05, 4.69) is 50.4 Å². The maximum Gasteiger partial charge on any atom is 0.0582 e. The van der Waals surface area contributed by atoms with Crippen molar-refractivity contribution in [3.63, 3.8) is 0 Å². The maximum atomic E-state index is 5.84. The molecule has 1 saturated heterocycles. The Kier molecular flexibility index (Phi) is 6.06. The molecule has 0 amide bonds. The molecule has 2 atom stereocenters. The second-order valence-electron chi connectivity index (χ2n) is 6.48. The van der Waals surface area contributed by atoms with Crippen LogP contribution in [0.1, 0.15) is 50.2 Å². The van der Waals surface area contributed by atoms with Gasteiger partial charge in [-0.3, -0.25) is 0 Å². The number of nitrogens with one attached hydrogen (secondary N) is 1. The molecule has 112 valence electrons. The number of aryl methyl sites for hydroxylation is 1. The molecule has 1 heterocycles. The summed E-state index contributed by atoms with van der Waals surface area (Å²) in [6, 6.07) is 8.79. The molecule has 0 saturated carbocycles. The summed E-state index contributed by atoms with van der Waals surface area (Å²) in [5, 5.41) is 3.63. The molecule has 1 aliphatic heterocycles. The van der Waals surface area contributed by atoms with Crippen LogP contribution in [-0.2, 0) is 4.74 Å². The fraction of sp³-hybridized carbons (Fsp3) is 0.667. The van der Waals surface area contributed by atoms with Crippen LogP contribution < -0.4 is 5.32 Å². The highest BCUT2D eigenvalue weighted by atomic mass is 16.5. The highest BCUT2D eigenvalue weighted by Gasteiger charge is 2.22. The summed E-state index contributed by atoms with van der Waals surface area (Å²) in [6.45, 7) is 9.84. The van der Waals surface area contributed by atoms with Crippen molar-refractivity contribution in [1.29, 1.82) is 0 Å². The molecule has 0 spiro atoms. The van der Waals surface area contributed by atoms with Crippen molar-refractivity contribution in [1.82, 2.24) is 5.32 Å². The number of rotatable bonds is 7. The number of hydrogen-bond acceptors (Lipinski definition) is 2. The Morgan fingerprint density at radius 2 is 2.05 bits per heavy atom. The summed E-state index contributed by atoms with van der Waals surface area (Å²) >= 11 is 0. The van der Waals surface area contributed by atoms with E-state index in [9.17, 15) is 0 Å². The molecule has 1 N–H and O–H groups in total. The molecular formula is C18H29NO. The van der Waals surface area contributed by atoms with Gasteiger partial charge in [0, 0.05) is 13.2 Å². The average molecular weight is 275 g/mol. The second-order valence-corrected chi connectivity index (χ2v) is 6.48. The quantitative estimate of drug-likeness (QED) is 0.815. The van der Waals surface area contributed by atoms with Crippen LogP contribution >= 0.6 is 0 Å². The van der Waals surface area contributed by atoms with E-state index < -0.39 is 0 Å². The van der Waals surface area contributed by atoms with Crippen LogP contribution in [0.3, 0.4) is 0 Å². The Morgan fingerprint density at radius 3 is 2.70 bits per heavy atom. The van der Waals surface area contributed by atoms with Crippen molar-refractivity contribution in [3.8, 4) is 0 Å². The van der Waals surface area contributed by atoms with Crippen LogP contribution in [0.15, 0.2) is 24.3 Å². The minimum Gasteiger partial charge on any atom is -0.378 e. The molecule has 2 heteroatoms. The van der Waals surface area contributed by atoms with Crippen LogP contribution in [0, 0.1) is 12.8 Å². The molecule has 2 rings (SSSR count). The maximum absolute atomic E-state index is 5.84. The number of hydrogen-bond donors (Lipinski definition) is 1. The van der Waals surface area contributed by atoms with E-state index in [0.29, 0.717) is 17.9 Å². The van der Waals surface area contributed by atoms with Gasteiger partial charge in [0.15, 0.2) is 0 Å². The highest BCUT2D eigenvalue weighted by molar-refractivity contribution is 5.29. The van der Waals surface area contributed by atoms with Gasteiger partial charge in [0.2, 0.25) is 0 Å². The van der Waals surface area contributed by atoms with E-state index in [1.54, 1.807) is 0 Å². The van der Waals surface area contributed by atoms with Gasteiger partial charge in [-0.1, -0.05) is 38.1 Å². The molecule has 0 aliphatic carbocycles. The largest absolute Gasteiger partial charge is 0.378 e. The van der Waals surface area contributed by atoms with Crippen molar-refractivity contribution < 1.29 is 4.74 Å². The van der Waals surface area contributed by atoms with Gasteiger partial charge < -0.3 is 10.1 Å². The van der Waals surface area contributed by atoms with Crippen molar-refractivity contribution in [2.45, 2.75) is 52.1 Å². The van der Waals surface area contributed by atoms with Crippen LogP contribution in [0.4, 0.5) is 0 Å². The zero-order valence-electron chi connectivity index (χ0n) is 13.2. The van der Waals surface area contributed by atoms with Crippen molar-refractivity contribution in [2.24, 2.45) is 5.92 Å². The van der Waals surface area contributed by atoms with Gasteiger partial charge in [0.05, 0.1) is 6.10 Å². The number of benzene rings is 1. The van der Waals surface area contributed by atoms with Gasteiger partial charge in [-0.15, -0.1) is 0 Å². The molecule has 1 aromatic carbocycles. The van der Waals surface area contributed by atoms with Gasteiger partial charge in [0.1, 0.15) is 0 Å². The summed E-state index contributed by atoms with van der Waals surface area (Å²) in [5.41, 5.74) is 2.89. The van der Waals surface area contributed by atoms with Crippen LogP contribution in [0.25, 0.3) is 0 Å². The third-order valence-corrected chi connectivity index (χ3v) is 4.14. The smallest absolute Gasteiger partial charge is 0.0582 e. The van der Waals surface area contributed by atoms with Crippen molar-refractivity contribution >= 4 is 0 Å². The summed E-state index contributed by atoms with van der Waals surface area (Å²) in [5.74, 6) is 1.27. The lowest BCUT2D eigenvalue weighted by atomic mass is 9.89. The lowest BCUT2D eigenvalue weighted by Gasteiger charge is -2.23. The predicted octanol–water partition coefficient (Wildman–Crippen LogP) is 3.89. The summed E-state index contributed by atoms with van der Waals surface area (Å²) in [6.07, 6.45) is 4.06. The Hall–Kier alpha value is -0.860. The zero-order chi connectivity index (χ0) is 14.4. The lowest BCUT2D eigenvalue weighted by molar-refractivity contribution is 0.0975. The van der Waals surface area contributed by atoms with E-state index in [-0.39, 0.29) is 0 Å². The SMILES string of the molecule is Cc1ccccc1C(CNCC(C)C)CC1CCCO1. The molecule has 0 bridgehead atoms. The van der Waals surface area contributed by atoms with Gasteiger partial charge in [-0.25, -0.2) is 0 Å². The van der Waals surface area contributed by atoms with E-state index in [1.807, 2.05) is 0 Å². The summed E-state index contributed by atoms with van der Waals surface area (Å²) in [4.78, 5) is 0. The third kappa shape index (κ3) is 4.60. The predicted molar refractivity (Wildman–Crippen MR) is 85.2 cm³/mol. The van der Waals surface area contributed by atoms with Gasteiger partial charge in [-0.2, -0.15) is 0 Å². The first-order valence-corrected chi connectivity index (χ1v) is 8.04. The standard InChI is InChI=1S/C18H29NO/c1-14(2)12-19-13-16(11-17-8-6-10-20-17)18-9-5-4-7-15(18)3/h4-5,7,9,14,16-17,19H,6,8,10-13H2,1-3H3. The third-order valence-electron chi connectivity index (χ3n) is 4.14. The van der Waals surface area contributed by atoms with E-state index in [0.717, 1.165) is 26.1 Å².